The molecule has 2 aromatic carbocycles. The van der Waals surface area contributed by atoms with Crippen LogP contribution in [0.3, 0.4) is 0 Å². The molecule has 1 heterocycles. The van der Waals surface area contributed by atoms with Gasteiger partial charge >= 0.3 is 0 Å². The van der Waals surface area contributed by atoms with Crippen LogP contribution in [0.1, 0.15) is 72.7 Å². The number of halogens is 1. The van der Waals surface area contributed by atoms with Crippen LogP contribution >= 0.6 is 0 Å². The Morgan fingerprint density at radius 1 is 0.848 bits per heavy atom. The molecule has 0 aliphatic carbocycles. The Morgan fingerprint density at radius 3 is 1.73 bits per heavy atom. The van der Waals surface area contributed by atoms with Crippen LogP contribution in [0.2, 0.25) is 0 Å². The normalized spacial score (nSPS) is 11.5. The lowest BCUT2D eigenvalue weighted by Gasteiger charge is -2.17. The maximum Gasteiger partial charge on any atom is 0.162 e. The van der Waals surface area contributed by atoms with E-state index in [1.165, 1.54) is 37.1 Å². The lowest BCUT2D eigenvalue weighted by molar-refractivity contribution is -0.0000233. The molecule has 0 spiro atoms. The third kappa shape index (κ3) is 12.3. The summed E-state index contributed by atoms with van der Waals surface area (Å²) in [6, 6.07) is 14.0. The van der Waals surface area contributed by atoms with Crippen LogP contribution in [0, 0.1) is 6.92 Å². The van der Waals surface area contributed by atoms with Crippen molar-refractivity contribution in [2.75, 3.05) is 20.3 Å². The number of aromatic hydroxyl groups is 1. The molecular weight excluding hydrogens is 480 g/mol. The van der Waals surface area contributed by atoms with E-state index in [-0.39, 0.29) is 34.3 Å². The van der Waals surface area contributed by atoms with E-state index in [2.05, 4.69) is 36.2 Å². The highest BCUT2D eigenvalue weighted by Gasteiger charge is 2.05. The van der Waals surface area contributed by atoms with Crippen LogP contribution in [0.5, 0.6) is 5.75 Å². The first-order valence-electron chi connectivity index (χ1n) is 11.3. The number of hydrogen-bond donors (Lipinski definition) is 1. The summed E-state index contributed by atoms with van der Waals surface area (Å²) in [5.41, 5.74) is 2.67. The first-order valence-corrected chi connectivity index (χ1v) is 11.3. The maximum absolute atomic E-state index is 11.1. The third-order valence-electron chi connectivity index (χ3n) is 4.94. The number of phenolic OH excluding ortho intramolecular Hbond substituents is 1. The molecule has 6 heteroatoms. The predicted octanol–water partition coefficient (Wildman–Crippen LogP) is 3.04. The number of carbonyl (C=O) groups excluding carboxylic acids is 2. The van der Waals surface area contributed by atoms with E-state index in [1.54, 1.807) is 12.1 Å². The molecule has 5 nitrogen and oxygen atoms in total. The van der Waals surface area contributed by atoms with Crippen molar-refractivity contribution in [1.82, 2.24) is 9.80 Å². The van der Waals surface area contributed by atoms with Crippen LogP contribution in [-0.4, -0.2) is 46.7 Å². The summed E-state index contributed by atoms with van der Waals surface area (Å²) in [7, 11) is 2.10. The van der Waals surface area contributed by atoms with Crippen molar-refractivity contribution in [2.24, 2.45) is 0 Å². The molecule has 1 aliphatic heterocycles. The van der Waals surface area contributed by atoms with Crippen molar-refractivity contribution in [1.29, 1.82) is 0 Å². The number of Topliss-reactive ketones (excluding diaryl/α,β-unsaturated/α-hetero) is 2. The summed E-state index contributed by atoms with van der Waals surface area (Å²) in [5.74, 6) is 0.507. The van der Waals surface area contributed by atoms with Gasteiger partial charge in [0.15, 0.2) is 11.6 Å². The second-order valence-electron chi connectivity index (χ2n) is 7.83. The number of hydrogen-bond acceptors (Lipinski definition) is 5. The Balaban J connectivity index is 0.000000459. The molecule has 33 heavy (non-hydrogen) atoms. The molecule has 2 aromatic rings. The molecule has 0 atom stereocenters. The van der Waals surface area contributed by atoms with Gasteiger partial charge in [-0.05, 0) is 37.6 Å². The number of carbonyl (C=O) groups is 2. The molecule has 0 fully saturated rings. The van der Waals surface area contributed by atoms with Crippen molar-refractivity contribution in [3.63, 3.8) is 0 Å². The Labute approximate surface area is 209 Å². The fourth-order valence-corrected chi connectivity index (χ4v) is 2.89. The van der Waals surface area contributed by atoms with Gasteiger partial charge in [0.2, 0.25) is 0 Å². The Hall–Kier alpha value is -2.60. The van der Waals surface area contributed by atoms with E-state index in [4.69, 9.17) is 5.11 Å². The summed E-state index contributed by atoms with van der Waals surface area (Å²) in [5, 5.41) is 8.90. The second-order valence-corrected chi connectivity index (χ2v) is 7.83. The number of rotatable bonds is 7. The van der Waals surface area contributed by atoms with Crippen molar-refractivity contribution in [2.45, 2.75) is 53.4 Å². The summed E-state index contributed by atoms with van der Waals surface area (Å²) < 4.78 is 0. The van der Waals surface area contributed by atoms with Gasteiger partial charge in [0, 0.05) is 50.0 Å². The summed E-state index contributed by atoms with van der Waals surface area (Å²) >= 11 is 0. The molecule has 182 valence electrons. The molecule has 1 N–H and O–H groups in total. The molecule has 3 rings (SSSR count). The molecule has 1 aliphatic rings. The van der Waals surface area contributed by atoms with Gasteiger partial charge in [0.05, 0.1) is 6.67 Å². The fraction of sp³-hybridized carbons (Fsp3) is 0.407. The predicted molar refractivity (Wildman–Crippen MR) is 132 cm³/mol. The Kier molecular flexibility index (Phi) is 15.6. The van der Waals surface area contributed by atoms with E-state index in [0.29, 0.717) is 18.4 Å². The SMILES string of the molecule is CCC(=O)c1ccc(C)cc1.CCC(=O)c1ccc(O)cc1.CCCCN1C=CN(C)C1.[Br-]. The van der Waals surface area contributed by atoms with E-state index in [1.807, 2.05) is 45.0 Å². The highest BCUT2D eigenvalue weighted by molar-refractivity contribution is 5.96. The third-order valence-corrected chi connectivity index (χ3v) is 4.94. The zero-order valence-electron chi connectivity index (χ0n) is 20.6. The van der Waals surface area contributed by atoms with Gasteiger partial charge in [0.1, 0.15) is 5.75 Å². The quantitative estimate of drug-likeness (QED) is 0.572. The molecular formula is C27H38BrN2O3-. The van der Waals surface area contributed by atoms with Gasteiger partial charge in [-0.2, -0.15) is 0 Å². The fourth-order valence-electron chi connectivity index (χ4n) is 2.89. The molecule has 0 saturated heterocycles. The van der Waals surface area contributed by atoms with E-state index < -0.39 is 0 Å². The smallest absolute Gasteiger partial charge is 0.162 e. The monoisotopic (exact) mass is 517 g/mol. The maximum atomic E-state index is 11.1. The van der Waals surface area contributed by atoms with Crippen LogP contribution in [0.15, 0.2) is 60.9 Å². The van der Waals surface area contributed by atoms with E-state index in [9.17, 15) is 9.59 Å². The largest absolute Gasteiger partial charge is 1.00 e. The summed E-state index contributed by atoms with van der Waals surface area (Å²) in [4.78, 5) is 26.7. The average Bonchev–Trinajstić information content (AvgIpc) is 3.23. The van der Waals surface area contributed by atoms with Gasteiger partial charge in [-0.25, -0.2) is 0 Å². The highest BCUT2D eigenvalue weighted by atomic mass is 79.9. The zero-order valence-corrected chi connectivity index (χ0v) is 22.1. The molecule has 0 aromatic heterocycles. The number of unbranched alkanes of at least 4 members (excludes halogenated alkanes) is 1. The average molecular weight is 519 g/mol. The van der Waals surface area contributed by atoms with Gasteiger partial charge in [-0.15, -0.1) is 0 Å². The minimum Gasteiger partial charge on any atom is -1.00 e. The van der Waals surface area contributed by atoms with Crippen molar-refractivity contribution >= 4 is 11.6 Å². The number of nitrogens with zero attached hydrogens (tertiary/aromatic N) is 2. The molecule has 0 amide bonds. The minimum absolute atomic E-state index is 0. The van der Waals surface area contributed by atoms with Crippen LogP contribution < -0.4 is 17.0 Å². The summed E-state index contributed by atoms with van der Waals surface area (Å²) in [6.45, 7) is 10.2. The topological polar surface area (TPSA) is 60.9 Å². The van der Waals surface area contributed by atoms with E-state index >= 15 is 0 Å². The number of benzene rings is 2. The Bertz CT molecular complexity index is 791. The van der Waals surface area contributed by atoms with Gasteiger partial charge in [0.25, 0.3) is 0 Å². The standard InChI is InChI=1S/C10H12O.C9H10O2.C8H16N2.BrH/c1-3-10(11)9-6-4-8(2)5-7-9;1-2-9(11)7-3-5-8(10)6-4-7;1-3-4-5-10-7-6-9(2)8-10;/h4-7H,3H2,1-2H3;3-6,10H,2H2,1H3;6-7H,3-5,8H2,1-2H3;1H/p-1. The van der Waals surface area contributed by atoms with Gasteiger partial charge < -0.3 is 31.9 Å². The number of ketones is 2. The van der Waals surface area contributed by atoms with Crippen molar-refractivity contribution < 1.29 is 31.7 Å². The second kappa shape index (κ2) is 17.0. The van der Waals surface area contributed by atoms with Crippen molar-refractivity contribution in [3.8, 4) is 5.75 Å². The first-order chi connectivity index (χ1) is 15.3. The number of phenols is 1. The van der Waals surface area contributed by atoms with E-state index in [0.717, 1.165) is 12.2 Å². The first kappa shape index (κ1) is 30.4. The van der Waals surface area contributed by atoms with Gasteiger partial charge in [-0.1, -0.05) is 57.0 Å². The van der Waals surface area contributed by atoms with Gasteiger partial charge in [-0.3, -0.25) is 9.59 Å². The van der Waals surface area contributed by atoms with Crippen LogP contribution in [0.4, 0.5) is 0 Å². The molecule has 0 radical (unpaired) electrons. The zero-order chi connectivity index (χ0) is 23.9. The molecule has 0 unspecified atom stereocenters. The summed E-state index contributed by atoms with van der Waals surface area (Å²) in [6.07, 6.45) is 7.96. The minimum atomic E-state index is 0. The lowest BCUT2D eigenvalue weighted by atomic mass is 10.1. The van der Waals surface area contributed by atoms with Crippen molar-refractivity contribution in [3.05, 3.63) is 77.6 Å². The lowest BCUT2D eigenvalue weighted by Crippen LogP contribution is -3.00. The molecule has 0 saturated carbocycles. The van der Waals surface area contributed by atoms with Crippen LogP contribution in [-0.2, 0) is 0 Å². The Morgan fingerprint density at radius 2 is 1.33 bits per heavy atom. The van der Waals surface area contributed by atoms with Crippen LogP contribution in [0.25, 0.3) is 0 Å². The highest BCUT2D eigenvalue weighted by Crippen LogP contribution is 2.10. The number of aryl methyl sites for hydroxylation is 1. The molecule has 0 bridgehead atoms.